The molecule has 0 saturated heterocycles. The van der Waals surface area contributed by atoms with Crippen molar-refractivity contribution < 1.29 is 4.79 Å². The minimum absolute atomic E-state index is 0.161. The van der Waals surface area contributed by atoms with Gasteiger partial charge in [0.15, 0.2) is 0 Å². The molecule has 0 atom stereocenters. The lowest BCUT2D eigenvalue weighted by Crippen LogP contribution is -2.13. The second kappa shape index (κ2) is 3.44. The lowest BCUT2D eigenvalue weighted by molar-refractivity contribution is 0.0984. The fourth-order valence-corrected chi connectivity index (χ4v) is 1.01. The van der Waals surface area contributed by atoms with E-state index in [1.807, 2.05) is 25.1 Å². The fourth-order valence-electron chi connectivity index (χ4n) is 0.888. The van der Waals surface area contributed by atoms with E-state index in [0.717, 1.165) is 5.56 Å². The van der Waals surface area contributed by atoms with E-state index in [1.54, 1.807) is 6.07 Å². The molecule has 11 heavy (non-hydrogen) atoms. The summed E-state index contributed by atoms with van der Waals surface area (Å²) in [5.41, 5.74) is 1.63. The molecule has 0 aliphatic rings. The van der Waals surface area contributed by atoms with Gasteiger partial charge in [-0.25, -0.2) is 0 Å². The number of carbonyl (C=O) groups is 1. The Hall–Kier alpha value is -0.960. The van der Waals surface area contributed by atoms with Crippen LogP contribution in [0.15, 0.2) is 24.3 Å². The van der Waals surface area contributed by atoms with Crippen LogP contribution in [-0.2, 0) is 0 Å². The van der Waals surface area contributed by atoms with Crippen LogP contribution < -0.4 is 4.72 Å². The Kier molecular flexibility index (Phi) is 2.54. The van der Waals surface area contributed by atoms with Gasteiger partial charge in [0.1, 0.15) is 0 Å². The summed E-state index contributed by atoms with van der Waals surface area (Å²) in [5.74, 6) is -0.161. The lowest BCUT2D eigenvalue weighted by Gasteiger charge is -2.01. The molecule has 1 aromatic rings. The first-order chi connectivity index (χ1) is 5.25. The first-order valence-corrected chi connectivity index (χ1v) is 3.70. The number of thiol groups is 1. The summed E-state index contributed by atoms with van der Waals surface area (Å²) >= 11 is 3.67. The van der Waals surface area contributed by atoms with Gasteiger partial charge in [-0.15, -0.1) is 0 Å². The summed E-state index contributed by atoms with van der Waals surface area (Å²) in [5, 5.41) is 0. The zero-order valence-electron chi connectivity index (χ0n) is 6.16. The van der Waals surface area contributed by atoms with Crippen molar-refractivity contribution in [3.63, 3.8) is 0 Å². The van der Waals surface area contributed by atoms with Gasteiger partial charge in [0.2, 0.25) is 0 Å². The summed E-state index contributed by atoms with van der Waals surface area (Å²) in [6, 6.07) is 7.37. The van der Waals surface area contributed by atoms with E-state index < -0.39 is 0 Å². The highest BCUT2D eigenvalue weighted by Crippen LogP contribution is 2.06. The average Bonchev–Trinajstić information content (AvgIpc) is 2.04. The predicted octanol–water partition coefficient (Wildman–Crippen LogP) is 1.57. The Morgan fingerprint density at radius 1 is 1.45 bits per heavy atom. The molecule has 0 fully saturated rings. The second-order valence-electron chi connectivity index (χ2n) is 2.26. The molecular formula is C8H9NOS. The minimum Gasteiger partial charge on any atom is -0.299 e. The molecule has 0 unspecified atom stereocenters. The summed E-state index contributed by atoms with van der Waals surface area (Å²) < 4.78 is 2.28. The first-order valence-electron chi connectivity index (χ1n) is 3.26. The van der Waals surface area contributed by atoms with Gasteiger partial charge in [-0.2, -0.15) is 0 Å². The SMILES string of the molecule is Cc1ccccc1C(=O)NS. The average molecular weight is 167 g/mol. The number of nitrogens with one attached hydrogen (secondary N) is 1. The summed E-state index contributed by atoms with van der Waals surface area (Å²) in [4.78, 5) is 11.0. The molecule has 0 aliphatic heterocycles. The highest BCUT2D eigenvalue weighted by atomic mass is 32.1. The summed E-state index contributed by atoms with van der Waals surface area (Å²) in [7, 11) is 0. The van der Waals surface area contributed by atoms with Crippen molar-refractivity contribution in [2.75, 3.05) is 0 Å². The number of amides is 1. The van der Waals surface area contributed by atoms with Gasteiger partial charge in [0.25, 0.3) is 5.91 Å². The van der Waals surface area contributed by atoms with E-state index in [-0.39, 0.29) is 5.91 Å². The van der Waals surface area contributed by atoms with E-state index in [9.17, 15) is 4.79 Å². The van der Waals surface area contributed by atoms with E-state index in [1.165, 1.54) is 0 Å². The molecule has 0 aliphatic carbocycles. The Morgan fingerprint density at radius 3 is 2.64 bits per heavy atom. The Morgan fingerprint density at radius 2 is 2.09 bits per heavy atom. The van der Waals surface area contributed by atoms with Crippen LogP contribution in [0.2, 0.25) is 0 Å². The fraction of sp³-hybridized carbons (Fsp3) is 0.125. The van der Waals surface area contributed by atoms with Crippen LogP contribution in [-0.4, -0.2) is 5.91 Å². The van der Waals surface area contributed by atoms with Gasteiger partial charge >= 0.3 is 0 Å². The number of carbonyl (C=O) groups excluding carboxylic acids is 1. The lowest BCUT2D eigenvalue weighted by atomic mass is 10.1. The van der Waals surface area contributed by atoms with Crippen LogP contribution in [0.5, 0.6) is 0 Å². The molecule has 0 saturated carbocycles. The Balaban J connectivity index is 3.03. The van der Waals surface area contributed by atoms with E-state index in [0.29, 0.717) is 5.56 Å². The smallest absolute Gasteiger partial charge is 0.261 e. The summed E-state index contributed by atoms with van der Waals surface area (Å²) in [6.45, 7) is 1.89. The van der Waals surface area contributed by atoms with Crippen molar-refractivity contribution in [2.45, 2.75) is 6.92 Å². The highest BCUT2D eigenvalue weighted by molar-refractivity contribution is 7.78. The Bertz CT molecular complexity index is 273. The van der Waals surface area contributed by atoms with Crippen molar-refractivity contribution in [3.8, 4) is 0 Å². The number of hydrogen-bond donors (Lipinski definition) is 2. The third-order valence-electron chi connectivity index (χ3n) is 1.49. The molecular weight excluding hydrogens is 158 g/mol. The molecule has 58 valence electrons. The van der Waals surface area contributed by atoms with E-state index >= 15 is 0 Å². The summed E-state index contributed by atoms with van der Waals surface area (Å²) in [6.07, 6.45) is 0. The molecule has 0 aromatic heterocycles. The molecule has 1 N–H and O–H groups in total. The third kappa shape index (κ3) is 1.74. The monoisotopic (exact) mass is 167 g/mol. The van der Waals surface area contributed by atoms with E-state index in [4.69, 9.17) is 0 Å². The maximum absolute atomic E-state index is 11.0. The second-order valence-corrected chi connectivity index (χ2v) is 2.48. The van der Waals surface area contributed by atoms with Crippen molar-refractivity contribution in [3.05, 3.63) is 35.4 Å². The topological polar surface area (TPSA) is 29.1 Å². The maximum Gasteiger partial charge on any atom is 0.261 e. The van der Waals surface area contributed by atoms with Crippen LogP contribution in [0.3, 0.4) is 0 Å². The van der Waals surface area contributed by atoms with Crippen LogP contribution in [0.25, 0.3) is 0 Å². The molecule has 0 heterocycles. The van der Waals surface area contributed by atoms with Crippen LogP contribution in [0.1, 0.15) is 15.9 Å². The quantitative estimate of drug-likeness (QED) is 0.611. The number of aryl methyl sites for hydroxylation is 1. The Labute approximate surface area is 71.2 Å². The largest absolute Gasteiger partial charge is 0.299 e. The van der Waals surface area contributed by atoms with Gasteiger partial charge in [-0.1, -0.05) is 31.0 Å². The van der Waals surface area contributed by atoms with Crippen molar-refractivity contribution >= 4 is 18.7 Å². The zero-order valence-corrected chi connectivity index (χ0v) is 7.06. The highest BCUT2D eigenvalue weighted by Gasteiger charge is 2.04. The van der Waals surface area contributed by atoms with Crippen molar-refractivity contribution in [1.29, 1.82) is 0 Å². The van der Waals surface area contributed by atoms with Crippen molar-refractivity contribution in [1.82, 2.24) is 4.72 Å². The third-order valence-corrected chi connectivity index (χ3v) is 1.69. The molecule has 0 spiro atoms. The normalized spacial score (nSPS) is 9.27. The minimum atomic E-state index is -0.161. The van der Waals surface area contributed by atoms with Gasteiger partial charge < -0.3 is 0 Å². The van der Waals surface area contributed by atoms with Gasteiger partial charge in [-0.3, -0.25) is 9.52 Å². The predicted molar refractivity (Wildman–Crippen MR) is 47.6 cm³/mol. The van der Waals surface area contributed by atoms with Gasteiger partial charge in [0.05, 0.1) is 0 Å². The van der Waals surface area contributed by atoms with Crippen LogP contribution in [0, 0.1) is 6.92 Å². The zero-order chi connectivity index (χ0) is 8.27. The van der Waals surface area contributed by atoms with Gasteiger partial charge in [-0.05, 0) is 18.6 Å². The molecule has 1 amide bonds. The van der Waals surface area contributed by atoms with Gasteiger partial charge in [0, 0.05) is 5.56 Å². The van der Waals surface area contributed by atoms with E-state index in [2.05, 4.69) is 17.5 Å². The molecule has 2 nitrogen and oxygen atoms in total. The van der Waals surface area contributed by atoms with Crippen LogP contribution >= 0.6 is 12.8 Å². The molecule has 0 bridgehead atoms. The molecule has 3 heteroatoms. The van der Waals surface area contributed by atoms with Crippen molar-refractivity contribution in [2.24, 2.45) is 0 Å². The number of hydrogen-bond acceptors (Lipinski definition) is 2. The molecule has 0 radical (unpaired) electrons. The van der Waals surface area contributed by atoms with Crippen LogP contribution in [0.4, 0.5) is 0 Å². The standard InChI is InChI=1S/C8H9NOS/c1-6-4-2-3-5-7(6)8(10)9-11/h2-5,11H,1H3,(H,9,10). The molecule has 1 aromatic carbocycles. The molecule has 1 rings (SSSR count). The first kappa shape index (κ1) is 8.14. The maximum atomic E-state index is 11.0. The number of rotatable bonds is 1. The number of benzene rings is 1.